The van der Waals surface area contributed by atoms with Crippen LogP contribution in [0.4, 0.5) is 8.78 Å². The molecule has 36 heavy (non-hydrogen) atoms. The zero-order valence-electron chi connectivity index (χ0n) is 20.4. The highest BCUT2D eigenvalue weighted by Crippen LogP contribution is 2.43. The van der Waals surface area contributed by atoms with Gasteiger partial charge in [-0.1, -0.05) is 36.4 Å². The first-order chi connectivity index (χ1) is 17.4. The highest BCUT2D eigenvalue weighted by molar-refractivity contribution is 5.50. The van der Waals surface area contributed by atoms with Crippen molar-refractivity contribution < 1.29 is 23.0 Å². The highest BCUT2D eigenvalue weighted by Gasteiger charge is 2.28. The minimum Gasteiger partial charge on any atom is -0.485 e. The van der Waals surface area contributed by atoms with Crippen LogP contribution in [-0.2, 0) is 6.61 Å². The van der Waals surface area contributed by atoms with Gasteiger partial charge < -0.3 is 14.2 Å². The molecule has 1 fully saturated rings. The molecule has 0 bridgehead atoms. The molecule has 2 aromatic carbocycles. The van der Waals surface area contributed by atoms with E-state index in [-0.39, 0.29) is 17.7 Å². The number of rotatable bonds is 9. The fourth-order valence-electron chi connectivity index (χ4n) is 3.86. The van der Waals surface area contributed by atoms with Crippen molar-refractivity contribution in [1.29, 1.82) is 0 Å². The van der Waals surface area contributed by atoms with Crippen LogP contribution < -0.4 is 14.2 Å². The molecule has 6 nitrogen and oxygen atoms in total. The Morgan fingerprint density at radius 3 is 2.39 bits per heavy atom. The van der Waals surface area contributed by atoms with Crippen LogP contribution >= 0.6 is 0 Å². The molecule has 0 spiro atoms. The Morgan fingerprint density at radius 2 is 1.72 bits per heavy atom. The summed E-state index contributed by atoms with van der Waals surface area (Å²) in [6.07, 6.45) is 3.82. The van der Waals surface area contributed by atoms with Crippen LogP contribution in [0.15, 0.2) is 60.8 Å². The molecular formula is C28H27F2N3O3. The second-order valence-corrected chi connectivity index (χ2v) is 9.09. The second-order valence-electron chi connectivity index (χ2n) is 9.09. The smallest absolute Gasteiger partial charge is 0.277 e. The first-order valence-electron chi connectivity index (χ1n) is 12.0. The van der Waals surface area contributed by atoms with Crippen molar-refractivity contribution >= 4 is 0 Å². The number of hydrogen-bond acceptors (Lipinski definition) is 5. The zero-order valence-corrected chi connectivity index (χ0v) is 20.4. The first kappa shape index (κ1) is 23.8. The number of pyridine rings is 1. The van der Waals surface area contributed by atoms with Gasteiger partial charge in [-0.3, -0.25) is 0 Å². The van der Waals surface area contributed by atoms with E-state index in [0.29, 0.717) is 29.8 Å². The maximum Gasteiger partial charge on any atom is 0.277 e. The molecule has 1 aliphatic carbocycles. The molecule has 4 aromatic rings. The molecule has 0 N–H and O–H groups in total. The Hall–Kier alpha value is -3.94. The number of nitrogens with zero attached hydrogens (tertiary/aromatic N) is 3. The molecule has 5 rings (SSSR count). The zero-order chi connectivity index (χ0) is 25.2. The summed E-state index contributed by atoms with van der Waals surface area (Å²) in [4.78, 5) is 4.68. The van der Waals surface area contributed by atoms with Crippen LogP contribution in [0.5, 0.6) is 23.1 Å². The Kier molecular flexibility index (Phi) is 6.59. The molecule has 8 heteroatoms. The van der Waals surface area contributed by atoms with E-state index in [9.17, 15) is 8.78 Å². The standard InChI is InChI=1S/C28H27F2N3O3/c1-17(2)35-28-25(36-26-22(29)10-7-11-23(26)30)18(3)33(32-28)27-24(14-21(15-31-27)20-12-13-20)34-16-19-8-5-4-6-9-19/h4-11,14-15,17,20H,12-13,16H2,1-3H3. The molecule has 0 aliphatic heterocycles. The van der Waals surface area contributed by atoms with Gasteiger partial charge in [-0.2, -0.15) is 0 Å². The van der Waals surface area contributed by atoms with Crippen molar-refractivity contribution in [3.05, 3.63) is 89.2 Å². The quantitative estimate of drug-likeness (QED) is 0.255. The van der Waals surface area contributed by atoms with Gasteiger partial charge in [-0.05, 0) is 68.9 Å². The van der Waals surface area contributed by atoms with Gasteiger partial charge in [0.1, 0.15) is 6.61 Å². The van der Waals surface area contributed by atoms with Crippen LogP contribution in [0.3, 0.4) is 0 Å². The summed E-state index contributed by atoms with van der Waals surface area (Å²) < 4.78 is 48.1. The fourth-order valence-corrected chi connectivity index (χ4v) is 3.86. The van der Waals surface area contributed by atoms with Gasteiger partial charge in [0.25, 0.3) is 5.88 Å². The van der Waals surface area contributed by atoms with Gasteiger partial charge in [-0.25, -0.2) is 18.4 Å². The number of aromatic nitrogens is 3. The lowest BCUT2D eigenvalue weighted by atomic mass is 10.2. The third-order valence-corrected chi connectivity index (χ3v) is 5.84. The minimum absolute atomic E-state index is 0.104. The monoisotopic (exact) mass is 491 g/mol. The first-order valence-corrected chi connectivity index (χ1v) is 12.0. The van der Waals surface area contributed by atoms with Crippen molar-refractivity contribution in [1.82, 2.24) is 14.8 Å². The van der Waals surface area contributed by atoms with E-state index in [0.717, 1.165) is 36.1 Å². The third kappa shape index (κ3) is 5.03. The summed E-state index contributed by atoms with van der Waals surface area (Å²) in [5.74, 6) is -0.493. The van der Waals surface area contributed by atoms with Crippen LogP contribution in [0.1, 0.15) is 49.4 Å². The summed E-state index contributed by atoms with van der Waals surface area (Å²) in [7, 11) is 0. The summed E-state index contributed by atoms with van der Waals surface area (Å²) in [6, 6.07) is 15.4. The van der Waals surface area contributed by atoms with Gasteiger partial charge in [-0.15, -0.1) is 5.10 Å². The maximum atomic E-state index is 14.4. The van der Waals surface area contributed by atoms with E-state index in [2.05, 4.69) is 10.1 Å². The van der Waals surface area contributed by atoms with Gasteiger partial charge in [0.2, 0.25) is 5.75 Å². The van der Waals surface area contributed by atoms with Crippen molar-refractivity contribution in [3.8, 4) is 28.9 Å². The summed E-state index contributed by atoms with van der Waals surface area (Å²) in [5, 5.41) is 4.56. The van der Waals surface area contributed by atoms with Crippen molar-refractivity contribution in [2.24, 2.45) is 0 Å². The molecule has 1 saturated carbocycles. The average Bonchev–Trinajstić information content (AvgIpc) is 3.67. The largest absolute Gasteiger partial charge is 0.485 e. The molecule has 0 atom stereocenters. The highest BCUT2D eigenvalue weighted by atomic mass is 19.1. The second kappa shape index (κ2) is 9.97. The maximum absolute atomic E-state index is 14.4. The van der Waals surface area contributed by atoms with E-state index >= 15 is 0 Å². The topological polar surface area (TPSA) is 58.4 Å². The number of hydrogen-bond donors (Lipinski definition) is 0. The van der Waals surface area contributed by atoms with Crippen LogP contribution in [-0.4, -0.2) is 20.9 Å². The van der Waals surface area contributed by atoms with E-state index in [1.165, 1.54) is 10.7 Å². The third-order valence-electron chi connectivity index (χ3n) is 5.84. The number of halogens is 2. The van der Waals surface area contributed by atoms with Gasteiger partial charge >= 0.3 is 0 Å². The molecule has 186 valence electrons. The molecule has 0 saturated heterocycles. The van der Waals surface area contributed by atoms with Crippen LogP contribution in [0.25, 0.3) is 5.82 Å². The normalized spacial score (nSPS) is 13.2. The summed E-state index contributed by atoms with van der Waals surface area (Å²) >= 11 is 0. The van der Waals surface area contributed by atoms with Crippen molar-refractivity contribution in [2.75, 3.05) is 0 Å². The van der Waals surface area contributed by atoms with Gasteiger partial charge in [0, 0.05) is 6.20 Å². The lowest BCUT2D eigenvalue weighted by molar-refractivity contribution is 0.222. The van der Waals surface area contributed by atoms with E-state index in [1.54, 1.807) is 6.92 Å². The molecule has 2 aromatic heterocycles. The minimum atomic E-state index is -0.823. The summed E-state index contributed by atoms with van der Waals surface area (Å²) in [6.45, 7) is 5.74. The molecule has 0 amide bonds. The Labute approximate surface area is 208 Å². The molecule has 0 unspecified atom stereocenters. The van der Waals surface area contributed by atoms with E-state index in [4.69, 9.17) is 14.2 Å². The fraction of sp³-hybridized carbons (Fsp3) is 0.286. The number of para-hydroxylation sites is 1. The predicted molar refractivity (Wildman–Crippen MR) is 131 cm³/mol. The SMILES string of the molecule is Cc1c(Oc2c(F)cccc2F)c(OC(C)C)nn1-c1ncc(C2CC2)cc1OCc1ccccc1. The lowest BCUT2D eigenvalue weighted by Crippen LogP contribution is -2.09. The lowest BCUT2D eigenvalue weighted by Gasteiger charge is -2.13. The van der Waals surface area contributed by atoms with Gasteiger partial charge in [0.05, 0.1) is 11.8 Å². The molecule has 2 heterocycles. The van der Waals surface area contributed by atoms with Gasteiger partial charge in [0.15, 0.2) is 29.0 Å². The Balaban J connectivity index is 1.56. The van der Waals surface area contributed by atoms with Crippen LogP contribution in [0.2, 0.25) is 0 Å². The number of benzene rings is 2. The number of ether oxygens (including phenoxy) is 3. The molecular weight excluding hydrogens is 464 g/mol. The average molecular weight is 492 g/mol. The Bertz CT molecular complexity index is 1350. The Morgan fingerprint density at radius 1 is 1.00 bits per heavy atom. The predicted octanol–water partition coefficient (Wildman–Crippen LogP) is 6.89. The van der Waals surface area contributed by atoms with Crippen LogP contribution in [0, 0.1) is 18.6 Å². The van der Waals surface area contributed by atoms with Crippen molar-refractivity contribution in [3.63, 3.8) is 0 Å². The van der Waals surface area contributed by atoms with Crippen molar-refractivity contribution in [2.45, 2.75) is 52.2 Å². The summed E-state index contributed by atoms with van der Waals surface area (Å²) in [5.41, 5.74) is 2.58. The molecule has 0 radical (unpaired) electrons. The molecule has 1 aliphatic rings. The van der Waals surface area contributed by atoms with E-state index in [1.807, 2.05) is 56.4 Å². The van der Waals surface area contributed by atoms with E-state index < -0.39 is 17.4 Å².